The molecule has 140 valence electrons. The van der Waals surface area contributed by atoms with Gasteiger partial charge in [0.15, 0.2) is 0 Å². The predicted molar refractivity (Wildman–Crippen MR) is 110 cm³/mol. The molecule has 3 aromatic carbocycles. The lowest BCUT2D eigenvalue weighted by Crippen LogP contribution is -2.45. The molecule has 3 aromatic rings. The summed E-state index contributed by atoms with van der Waals surface area (Å²) in [6.07, 6.45) is 1.88. The van der Waals surface area contributed by atoms with Crippen LogP contribution in [0.4, 0.5) is 5.69 Å². The third-order valence-electron chi connectivity index (χ3n) is 5.07. The number of hydrogen-bond donors (Lipinski definition) is 1. The van der Waals surface area contributed by atoms with Crippen molar-refractivity contribution >= 4 is 17.5 Å². The number of carbonyl (C=O) groups is 2. The second-order valence-electron chi connectivity index (χ2n) is 6.91. The Morgan fingerprint density at radius 1 is 0.821 bits per heavy atom. The van der Waals surface area contributed by atoms with Crippen LogP contribution in [0.3, 0.4) is 0 Å². The Hall–Kier alpha value is -3.40. The molecule has 0 radical (unpaired) electrons. The number of rotatable bonds is 4. The van der Waals surface area contributed by atoms with Crippen molar-refractivity contribution in [1.29, 1.82) is 0 Å². The fourth-order valence-corrected chi connectivity index (χ4v) is 3.66. The van der Waals surface area contributed by atoms with Crippen molar-refractivity contribution in [3.63, 3.8) is 0 Å². The summed E-state index contributed by atoms with van der Waals surface area (Å²) in [5.74, 6) is -0.365. The zero-order chi connectivity index (χ0) is 19.3. The molecule has 0 aliphatic carbocycles. The van der Waals surface area contributed by atoms with E-state index < -0.39 is 6.04 Å². The van der Waals surface area contributed by atoms with Gasteiger partial charge in [-0.25, -0.2) is 0 Å². The molecule has 4 rings (SSSR count). The quantitative estimate of drug-likeness (QED) is 0.750. The Bertz CT molecular complexity index is 970. The maximum atomic E-state index is 13.5. The molecule has 1 aliphatic heterocycles. The van der Waals surface area contributed by atoms with Crippen LogP contribution in [0.1, 0.15) is 33.9 Å². The minimum absolute atomic E-state index is 0.109. The molecule has 0 saturated carbocycles. The van der Waals surface area contributed by atoms with Crippen molar-refractivity contribution in [2.75, 3.05) is 11.4 Å². The first-order valence-corrected chi connectivity index (χ1v) is 9.54. The third kappa shape index (κ3) is 3.67. The number of nitrogens with one attached hydrogen (secondary N) is 1. The van der Waals surface area contributed by atoms with Crippen LogP contribution in [-0.4, -0.2) is 18.4 Å². The minimum Gasteiger partial charge on any atom is -0.336 e. The van der Waals surface area contributed by atoms with E-state index in [1.54, 1.807) is 12.1 Å². The van der Waals surface area contributed by atoms with Gasteiger partial charge in [0.05, 0.1) is 0 Å². The highest BCUT2D eigenvalue weighted by Gasteiger charge is 2.31. The predicted octanol–water partition coefficient (Wildman–Crippen LogP) is 4.14. The lowest BCUT2D eigenvalue weighted by molar-refractivity contribution is -0.120. The summed E-state index contributed by atoms with van der Waals surface area (Å²) in [6, 6.07) is 25.7. The highest BCUT2D eigenvalue weighted by molar-refractivity contribution is 6.03. The SMILES string of the molecule is O=C(NC(C(=O)N1CCCc2ccccc21)c1ccccc1)c1ccccc1. The molecule has 1 atom stereocenters. The molecule has 1 heterocycles. The Balaban J connectivity index is 1.66. The number of carbonyl (C=O) groups excluding carboxylic acids is 2. The highest BCUT2D eigenvalue weighted by atomic mass is 16.2. The number of para-hydroxylation sites is 1. The van der Waals surface area contributed by atoms with Crippen LogP contribution in [-0.2, 0) is 11.2 Å². The van der Waals surface area contributed by atoms with E-state index in [0.717, 1.165) is 24.1 Å². The van der Waals surface area contributed by atoms with E-state index >= 15 is 0 Å². The Kier molecular flexibility index (Phi) is 5.20. The van der Waals surface area contributed by atoms with Gasteiger partial charge in [0.1, 0.15) is 6.04 Å². The van der Waals surface area contributed by atoms with Crippen LogP contribution in [0.15, 0.2) is 84.9 Å². The third-order valence-corrected chi connectivity index (χ3v) is 5.07. The van der Waals surface area contributed by atoms with Gasteiger partial charge in [-0.05, 0) is 42.2 Å². The molecular weight excluding hydrogens is 348 g/mol. The van der Waals surface area contributed by atoms with Crippen LogP contribution >= 0.6 is 0 Å². The number of aryl methyl sites for hydroxylation is 1. The van der Waals surface area contributed by atoms with Gasteiger partial charge in [0.25, 0.3) is 11.8 Å². The summed E-state index contributed by atoms with van der Waals surface area (Å²) in [6.45, 7) is 0.653. The summed E-state index contributed by atoms with van der Waals surface area (Å²) in [5.41, 5.74) is 3.42. The number of fused-ring (bicyclic) bond motifs is 1. The normalized spacial score (nSPS) is 14.1. The number of amides is 2. The van der Waals surface area contributed by atoms with Crippen LogP contribution in [0.5, 0.6) is 0 Å². The molecule has 0 spiro atoms. The number of anilines is 1. The molecule has 1 aliphatic rings. The largest absolute Gasteiger partial charge is 0.336 e. The van der Waals surface area contributed by atoms with Gasteiger partial charge in [-0.15, -0.1) is 0 Å². The van der Waals surface area contributed by atoms with E-state index in [1.165, 1.54) is 5.56 Å². The average Bonchev–Trinajstić information content (AvgIpc) is 2.77. The standard InChI is InChI=1S/C24H22N2O2/c27-23(20-13-5-2-6-14-20)25-22(19-11-3-1-4-12-19)24(28)26-17-9-15-18-10-7-8-16-21(18)26/h1-8,10-14,16,22H,9,15,17H2,(H,25,27). The van der Waals surface area contributed by atoms with E-state index in [0.29, 0.717) is 12.1 Å². The number of nitrogens with zero attached hydrogens (tertiary/aromatic N) is 1. The Morgan fingerprint density at radius 3 is 2.21 bits per heavy atom. The lowest BCUT2D eigenvalue weighted by Gasteiger charge is -2.32. The summed E-state index contributed by atoms with van der Waals surface area (Å²) >= 11 is 0. The van der Waals surface area contributed by atoms with Crippen molar-refractivity contribution in [1.82, 2.24) is 5.32 Å². The van der Waals surface area contributed by atoms with Gasteiger partial charge in [0.2, 0.25) is 0 Å². The van der Waals surface area contributed by atoms with E-state index in [9.17, 15) is 9.59 Å². The van der Waals surface area contributed by atoms with E-state index in [-0.39, 0.29) is 11.8 Å². The number of benzene rings is 3. The molecule has 4 nitrogen and oxygen atoms in total. The smallest absolute Gasteiger partial charge is 0.254 e. The highest BCUT2D eigenvalue weighted by Crippen LogP contribution is 2.29. The fourth-order valence-electron chi connectivity index (χ4n) is 3.66. The van der Waals surface area contributed by atoms with Crippen LogP contribution in [0.25, 0.3) is 0 Å². The zero-order valence-corrected chi connectivity index (χ0v) is 15.5. The van der Waals surface area contributed by atoms with Gasteiger partial charge in [-0.3, -0.25) is 9.59 Å². The summed E-state index contributed by atoms with van der Waals surface area (Å²) in [5, 5.41) is 2.95. The Labute approximate surface area is 164 Å². The molecule has 0 fully saturated rings. The van der Waals surface area contributed by atoms with E-state index in [4.69, 9.17) is 0 Å². The van der Waals surface area contributed by atoms with Gasteiger partial charge in [-0.1, -0.05) is 66.7 Å². The van der Waals surface area contributed by atoms with Gasteiger partial charge < -0.3 is 10.2 Å². The average molecular weight is 370 g/mol. The minimum atomic E-state index is -0.736. The monoisotopic (exact) mass is 370 g/mol. The van der Waals surface area contributed by atoms with Crippen molar-refractivity contribution in [3.05, 3.63) is 102 Å². The Morgan fingerprint density at radius 2 is 1.46 bits per heavy atom. The molecule has 1 N–H and O–H groups in total. The van der Waals surface area contributed by atoms with Gasteiger partial charge >= 0.3 is 0 Å². The summed E-state index contributed by atoms with van der Waals surface area (Å²) < 4.78 is 0. The number of hydrogen-bond acceptors (Lipinski definition) is 2. The van der Waals surface area contributed by atoms with Gasteiger partial charge in [0, 0.05) is 17.8 Å². The fraction of sp³-hybridized carbons (Fsp3) is 0.167. The zero-order valence-electron chi connectivity index (χ0n) is 15.5. The van der Waals surface area contributed by atoms with Gasteiger partial charge in [-0.2, -0.15) is 0 Å². The molecule has 0 bridgehead atoms. The lowest BCUT2D eigenvalue weighted by atomic mass is 9.99. The van der Waals surface area contributed by atoms with Crippen molar-refractivity contribution < 1.29 is 9.59 Å². The molecule has 4 heteroatoms. The molecule has 1 unspecified atom stereocenters. The maximum Gasteiger partial charge on any atom is 0.254 e. The second-order valence-corrected chi connectivity index (χ2v) is 6.91. The summed E-state index contributed by atoms with van der Waals surface area (Å²) in [7, 11) is 0. The first-order chi connectivity index (χ1) is 13.7. The van der Waals surface area contributed by atoms with Crippen LogP contribution in [0.2, 0.25) is 0 Å². The van der Waals surface area contributed by atoms with E-state index in [1.807, 2.05) is 71.6 Å². The van der Waals surface area contributed by atoms with Crippen LogP contribution in [0, 0.1) is 0 Å². The summed E-state index contributed by atoms with van der Waals surface area (Å²) in [4.78, 5) is 28.1. The first kappa shape index (κ1) is 18.0. The van der Waals surface area contributed by atoms with Crippen molar-refractivity contribution in [2.45, 2.75) is 18.9 Å². The molecule has 0 saturated heterocycles. The van der Waals surface area contributed by atoms with E-state index in [2.05, 4.69) is 11.4 Å². The van der Waals surface area contributed by atoms with Crippen molar-refractivity contribution in [2.24, 2.45) is 0 Å². The van der Waals surface area contributed by atoms with Crippen molar-refractivity contribution in [3.8, 4) is 0 Å². The molecule has 2 amide bonds. The first-order valence-electron chi connectivity index (χ1n) is 9.54. The van der Waals surface area contributed by atoms with Crippen LogP contribution < -0.4 is 10.2 Å². The second kappa shape index (κ2) is 8.09. The molecule has 28 heavy (non-hydrogen) atoms. The molecular formula is C24H22N2O2. The molecule has 0 aromatic heterocycles. The maximum absolute atomic E-state index is 13.5. The topological polar surface area (TPSA) is 49.4 Å².